The molecule has 0 radical (unpaired) electrons. The Bertz CT molecular complexity index is 1410. The molecule has 31 heavy (non-hydrogen) atoms. The van der Waals surface area contributed by atoms with Gasteiger partial charge in [0.1, 0.15) is 6.07 Å². The highest BCUT2D eigenvalue weighted by atomic mass is 35.5. The number of benzene rings is 3. The van der Waals surface area contributed by atoms with Crippen molar-refractivity contribution in [3.8, 4) is 6.07 Å². The van der Waals surface area contributed by atoms with Crippen molar-refractivity contribution in [3.63, 3.8) is 0 Å². The summed E-state index contributed by atoms with van der Waals surface area (Å²) in [5, 5.41) is 8.95. The monoisotopic (exact) mass is 475 g/mol. The SMILES string of the molecule is Cc1cccc(NS(=O)(=O)c2ccc(C)c(NS(=O)(=O)c3ccc(C#N)c(Cl)c3)c2)c1. The predicted molar refractivity (Wildman–Crippen MR) is 120 cm³/mol. The van der Waals surface area contributed by atoms with Crippen LogP contribution in [0.2, 0.25) is 5.02 Å². The molecule has 0 saturated carbocycles. The van der Waals surface area contributed by atoms with E-state index in [4.69, 9.17) is 16.9 Å². The van der Waals surface area contributed by atoms with Crippen molar-refractivity contribution in [2.45, 2.75) is 23.6 Å². The van der Waals surface area contributed by atoms with Crippen molar-refractivity contribution >= 4 is 43.0 Å². The van der Waals surface area contributed by atoms with Gasteiger partial charge in [0.2, 0.25) is 0 Å². The van der Waals surface area contributed by atoms with E-state index in [1.54, 1.807) is 25.1 Å². The zero-order chi connectivity index (χ0) is 22.8. The third-order valence-corrected chi connectivity index (χ3v) is 7.46. The Morgan fingerprint density at radius 1 is 0.839 bits per heavy atom. The van der Waals surface area contributed by atoms with Gasteiger partial charge in [-0.2, -0.15) is 5.26 Å². The Balaban J connectivity index is 1.94. The van der Waals surface area contributed by atoms with Gasteiger partial charge < -0.3 is 0 Å². The molecule has 0 atom stereocenters. The summed E-state index contributed by atoms with van der Waals surface area (Å²) in [5.41, 5.74) is 2.06. The van der Waals surface area contributed by atoms with Crippen LogP contribution >= 0.6 is 11.6 Å². The van der Waals surface area contributed by atoms with E-state index in [0.29, 0.717) is 11.3 Å². The summed E-state index contributed by atoms with van der Waals surface area (Å²) in [5.74, 6) is 0. The van der Waals surface area contributed by atoms with Gasteiger partial charge in [-0.25, -0.2) is 16.8 Å². The molecule has 3 aromatic rings. The van der Waals surface area contributed by atoms with Crippen LogP contribution in [-0.4, -0.2) is 16.8 Å². The molecule has 0 heterocycles. The third-order valence-electron chi connectivity index (χ3n) is 4.41. The van der Waals surface area contributed by atoms with Crippen LogP contribution in [0.1, 0.15) is 16.7 Å². The quantitative estimate of drug-likeness (QED) is 0.547. The van der Waals surface area contributed by atoms with Gasteiger partial charge in [-0.3, -0.25) is 9.44 Å². The number of nitrogens with zero attached hydrogens (tertiary/aromatic N) is 1. The average Bonchev–Trinajstić information content (AvgIpc) is 2.69. The maximum Gasteiger partial charge on any atom is 0.261 e. The van der Waals surface area contributed by atoms with E-state index in [-0.39, 0.29) is 26.1 Å². The topological polar surface area (TPSA) is 116 Å². The van der Waals surface area contributed by atoms with Crippen molar-refractivity contribution in [2.75, 3.05) is 9.44 Å². The summed E-state index contributed by atoms with van der Waals surface area (Å²) in [4.78, 5) is -0.253. The first kappa shape index (κ1) is 22.6. The number of nitriles is 1. The number of hydrogen-bond acceptors (Lipinski definition) is 5. The number of rotatable bonds is 6. The highest BCUT2D eigenvalue weighted by Gasteiger charge is 2.20. The van der Waals surface area contributed by atoms with E-state index in [1.165, 1.54) is 30.3 Å². The van der Waals surface area contributed by atoms with Gasteiger partial charge in [-0.05, 0) is 67.4 Å². The standard InChI is InChI=1S/C21H18ClN3O4S2/c1-14-4-3-5-17(10-14)24-30(26,27)19-8-6-15(2)21(12-19)25-31(28,29)18-9-7-16(13-23)20(22)11-18/h3-12,24-25H,1-2H3. The van der Waals surface area contributed by atoms with Crippen LogP contribution in [-0.2, 0) is 20.0 Å². The second kappa shape index (κ2) is 8.59. The second-order valence-electron chi connectivity index (χ2n) is 6.81. The summed E-state index contributed by atoms with van der Waals surface area (Å²) >= 11 is 5.94. The van der Waals surface area contributed by atoms with Crippen LogP contribution < -0.4 is 9.44 Å². The fourth-order valence-electron chi connectivity index (χ4n) is 2.76. The first-order valence-corrected chi connectivity index (χ1v) is 12.3. The second-order valence-corrected chi connectivity index (χ2v) is 10.6. The van der Waals surface area contributed by atoms with Gasteiger partial charge in [0, 0.05) is 5.69 Å². The maximum atomic E-state index is 12.8. The molecule has 0 amide bonds. The summed E-state index contributed by atoms with van der Waals surface area (Å²) < 4.78 is 56.0. The summed E-state index contributed by atoms with van der Waals surface area (Å²) in [6.07, 6.45) is 0. The molecule has 0 aromatic heterocycles. The Morgan fingerprint density at radius 2 is 1.48 bits per heavy atom. The minimum Gasteiger partial charge on any atom is -0.280 e. The van der Waals surface area contributed by atoms with E-state index in [9.17, 15) is 16.8 Å². The van der Waals surface area contributed by atoms with Crippen LogP contribution in [0, 0.1) is 25.2 Å². The molecule has 2 N–H and O–H groups in total. The zero-order valence-electron chi connectivity index (χ0n) is 16.5. The fraction of sp³-hybridized carbons (Fsp3) is 0.0952. The zero-order valence-corrected chi connectivity index (χ0v) is 18.9. The lowest BCUT2D eigenvalue weighted by atomic mass is 10.2. The lowest BCUT2D eigenvalue weighted by Crippen LogP contribution is -2.16. The molecular weight excluding hydrogens is 458 g/mol. The smallest absolute Gasteiger partial charge is 0.261 e. The van der Waals surface area contributed by atoms with Crippen LogP contribution in [0.4, 0.5) is 11.4 Å². The van der Waals surface area contributed by atoms with E-state index in [1.807, 2.05) is 19.1 Å². The Hall–Kier alpha value is -3.06. The molecule has 0 spiro atoms. The highest BCUT2D eigenvalue weighted by molar-refractivity contribution is 7.93. The molecule has 3 rings (SSSR count). The van der Waals surface area contributed by atoms with Gasteiger partial charge in [0.15, 0.2) is 0 Å². The molecule has 10 heteroatoms. The fourth-order valence-corrected chi connectivity index (χ4v) is 5.27. The molecule has 0 unspecified atom stereocenters. The Kier molecular flexibility index (Phi) is 6.27. The molecular formula is C21H18ClN3O4S2. The van der Waals surface area contributed by atoms with Crippen LogP contribution in [0.15, 0.2) is 70.5 Å². The first-order chi connectivity index (χ1) is 14.5. The van der Waals surface area contributed by atoms with Crippen molar-refractivity contribution < 1.29 is 16.8 Å². The lowest BCUT2D eigenvalue weighted by molar-refractivity contribution is 0.598. The van der Waals surface area contributed by atoms with Crippen molar-refractivity contribution in [2.24, 2.45) is 0 Å². The van der Waals surface area contributed by atoms with Crippen LogP contribution in [0.3, 0.4) is 0 Å². The predicted octanol–water partition coefficient (Wildman–Crippen LogP) is 4.43. The summed E-state index contributed by atoms with van der Waals surface area (Å²) in [7, 11) is -8.02. The molecule has 0 fully saturated rings. The number of nitrogens with one attached hydrogen (secondary N) is 2. The molecule has 3 aromatic carbocycles. The molecule has 0 saturated heterocycles. The molecule has 0 aliphatic rings. The molecule has 0 aliphatic heterocycles. The molecule has 0 bridgehead atoms. The molecule has 160 valence electrons. The molecule has 0 aliphatic carbocycles. The molecule has 7 nitrogen and oxygen atoms in total. The number of aryl methyl sites for hydroxylation is 2. The lowest BCUT2D eigenvalue weighted by Gasteiger charge is -2.14. The van der Waals surface area contributed by atoms with Gasteiger partial charge in [-0.1, -0.05) is 29.8 Å². The maximum absolute atomic E-state index is 12.8. The normalized spacial score (nSPS) is 11.5. The minimum absolute atomic E-state index is 0.000722. The number of hydrogen-bond donors (Lipinski definition) is 2. The van der Waals surface area contributed by atoms with E-state index in [0.717, 1.165) is 11.6 Å². The van der Waals surface area contributed by atoms with Crippen LogP contribution in [0.25, 0.3) is 0 Å². The van der Waals surface area contributed by atoms with Gasteiger partial charge in [0.25, 0.3) is 20.0 Å². The van der Waals surface area contributed by atoms with Crippen molar-refractivity contribution in [1.29, 1.82) is 5.26 Å². The van der Waals surface area contributed by atoms with Gasteiger partial charge >= 0.3 is 0 Å². The average molecular weight is 476 g/mol. The minimum atomic E-state index is -4.07. The summed E-state index contributed by atoms with van der Waals surface area (Å²) in [6.45, 7) is 3.49. The number of anilines is 2. The van der Waals surface area contributed by atoms with E-state index < -0.39 is 20.0 Å². The number of sulfonamides is 2. The Morgan fingerprint density at radius 3 is 2.13 bits per heavy atom. The Labute approximate surface area is 186 Å². The number of halogens is 1. The van der Waals surface area contributed by atoms with Crippen molar-refractivity contribution in [3.05, 3.63) is 82.4 Å². The largest absolute Gasteiger partial charge is 0.280 e. The van der Waals surface area contributed by atoms with Crippen LogP contribution in [0.5, 0.6) is 0 Å². The van der Waals surface area contributed by atoms with Gasteiger partial charge in [0.05, 0.1) is 26.1 Å². The van der Waals surface area contributed by atoms with E-state index in [2.05, 4.69) is 9.44 Å². The first-order valence-electron chi connectivity index (χ1n) is 8.94. The summed E-state index contributed by atoms with van der Waals surface area (Å²) in [6, 6.07) is 16.6. The van der Waals surface area contributed by atoms with E-state index >= 15 is 0 Å². The van der Waals surface area contributed by atoms with Gasteiger partial charge in [-0.15, -0.1) is 0 Å². The third kappa shape index (κ3) is 5.17. The van der Waals surface area contributed by atoms with Crippen molar-refractivity contribution in [1.82, 2.24) is 0 Å². The highest BCUT2D eigenvalue weighted by Crippen LogP contribution is 2.26.